The number of primary sulfonamides is 1. The quantitative estimate of drug-likeness (QED) is 0.653. The molecule has 0 bridgehead atoms. The van der Waals surface area contributed by atoms with E-state index in [9.17, 15) is 18.0 Å². The molecule has 2 atom stereocenters. The number of anilines is 1. The number of rotatable bonds is 2. The van der Waals surface area contributed by atoms with Crippen molar-refractivity contribution in [1.29, 1.82) is 0 Å². The number of imide groups is 1. The molecule has 1 aliphatic heterocycles. The molecule has 116 valence electrons. The predicted octanol–water partition coefficient (Wildman–Crippen LogP) is 1.18. The number of carbonyl (C=O) groups excluding carboxylic acids is 2. The van der Waals surface area contributed by atoms with Gasteiger partial charge >= 0.3 is 0 Å². The average Bonchev–Trinajstić information content (AvgIpc) is 2.70. The topological polar surface area (TPSA) is 97.5 Å². The third-order valence-electron chi connectivity index (χ3n) is 4.25. The summed E-state index contributed by atoms with van der Waals surface area (Å²) in [7, 11) is -3.80. The summed E-state index contributed by atoms with van der Waals surface area (Å²) in [6, 6.07) is 5.48. The van der Waals surface area contributed by atoms with E-state index in [0.717, 1.165) is 10.5 Å². The summed E-state index contributed by atoms with van der Waals surface area (Å²) >= 11 is 0. The molecule has 0 saturated carbocycles. The van der Waals surface area contributed by atoms with Gasteiger partial charge in [0.15, 0.2) is 0 Å². The second-order valence-electron chi connectivity index (χ2n) is 5.75. The zero-order chi connectivity index (χ0) is 16.1. The maximum Gasteiger partial charge on any atom is 0.238 e. The number of hydrogen-bond donors (Lipinski definition) is 1. The number of sulfonamides is 1. The van der Waals surface area contributed by atoms with Gasteiger partial charge in [-0.3, -0.25) is 14.5 Å². The molecular weight excluding hydrogens is 304 g/mol. The summed E-state index contributed by atoms with van der Waals surface area (Å²) in [4.78, 5) is 26.1. The van der Waals surface area contributed by atoms with Gasteiger partial charge in [0.2, 0.25) is 21.8 Å². The van der Waals surface area contributed by atoms with Gasteiger partial charge < -0.3 is 0 Å². The van der Waals surface area contributed by atoms with Crippen LogP contribution in [-0.2, 0) is 19.6 Å². The Morgan fingerprint density at radius 3 is 2.27 bits per heavy atom. The number of carbonyl (C=O) groups is 2. The summed E-state index contributed by atoms with van der Waals surface area (Å²) in [5, 5.41) is 5.04. The molecule has 1 saturated heterocycles. The highest BCUT2D eigenvalue weighted by atomic mass is 32.2. The van der Waals surface area contributed by atoms with Crippen LogP contribution in [0.3, 0.4) is 0 Å². The minimum Gasteiger partial charge on any atom is -0.274 e. The van der Waals surface area contributed by atoms with Crippen LogP contribution in [0.2, 0.25) is 0 Å². The van der Waals surface area contributed by atoms with Crippen molar-refractivity contribution in [2.45, 2.75) is 24.7 Å². The minimum atomic E-state index is -3.80. The molecule has 0 spiro atoms. The lowest BCUT2D eigenvalue weighted by atomic mass is 9.82. The van der Waals surface area contributed by atoms with E-state index in [1.807, 2.05) is 13.0 Å². The van der Waals surface area contributed by atoms with Crippen molar-refractivity contribution >= 4 is 27.5 Å². The molecule has 1 fully saturated rings. The molecular formula is C15H16N2O4S. The Balaban J connectivity index is 1.93. The highest BCUT2D eigenvalue weighted by Crippen LogP contribution is 2.39. The van der Waals surface area contributed by atoms with Crippen molar-refractivity contribution in [1.82, 2.24) is 0 Å². The summed E-state index contributed by atoms with van der Waals surface area (Å²) in [6.45, 7) is 1.96. The molecule has 2 aliphatic rings. The van der Waals surface area contributed by atoms with Gasteiger partial charge in [-0.25, -0.2) is 13.6 Å². The maximum atomic E-state index is 12.5. The van der Waals surface area contributed by atoms with Crippen LogP contribution >= 0.6 is 0 Å². The second kappa shape index (κ2) is 5.03. The standard InChI is InChI=1S/C15H16N2O4S/c1-9-2-7-12-13(8-9)15(19)17(14(12)18)10-3-5-11(6-4-10)22(16,20)21/h2-6,12-13H,7-8H2,1H3,(H2,16,20,21)/t12-,13-/m1/s1. The predicted molar refractivity (Wildman–Crippen MR) is 80.3 cm³/mol. The summed E-state index contributed by atoms with van der Waals surface area (Å²) in [5.74, 6) is -1.06. The summed E-state index contributed by atoms with van der Waals surface area (Å²) in [6.07, 6.45) is 3.17. The lowest BCUT2D eigenvalue weighted by Crippen LogP contribution is -2.30. The van der Waals surface area contributed by atoms with Gasteiger partial charge in [0, 0.05) is 0 Å². The van der Waals surface area contributed by atoms with Crippen molar-refractivity contribution in [2.24, 2.45) is 17.0 Å². The van der Waals surface area contributed by atoms with E-state index in [-0.39, 0.29) is 28.5 Å². The number of nitrogens with zero attached hydrogens (tertiary/aromatic N) is 1. The zero-order valence-corrected chi connectivity index (χ0v) is 12.8. The Kier molecular flexibility index (Phi) is 3.41. The van der Waals surface area contributed by atoms with Crippen molar-refractivity contribution in [2.75, 3.05) is 4.90 Å². The Morgan fingerprint density at radius 1 is 1.09 bits per heavy atom. The third kappa shape index (κ3) is 2.36. The zero-order valence-electron chi connectivity index (χ0n) is 12.0. The molecule has 1 aliphatic carbocycles. The van der Waals surface area contributed by atoms with E-state index in [4.69, 9.17) is 5.14 Å². The number of amides is 2. The van der Waals surface area contributed by atoms with Gasteiger partial charge in [-0.15, -0.1) is 0 Å². The fourth-order valence-electron chi connectivity index (χ4n) is 3.08. The largest absolute Gasteiger partial charge is 0.274 e. The van der Waals surface area contributed by atoms with Gasteiger partial charge in [0.1, 0.15) is 0 Å². The first-order valence-electron chi connectivity index (χ1n) is 6.95. The SMILES string of the molecule is CC1=CC[C@H]2C(=O)N(c3ccc(S(N)(=O)=O)cc3)C(=O)[C@@H]2C1. The van der Waals surface area contributed by atoms with Crippen molar-refractivity contribution in [3.8, 4) is 0 Å². The molecule has 1 aromatic carbocycles. The van der Waals surface area contributed by atoms with Gasteiger partial charge in [0.25, 0.3) is 0 Å². The number of hydrogen-bond acceptors (Lipinski definition) is 4. The Bertz CT molecular complexity index is 780. The molecule has 6 nitrogen and oxygen atoms in total. The molecule has 0 unspecified atom stereocenters. The second-order valence-corrected chi connectivity index (χ2v) is 7.32. The fourth-order valence-corrected chi connectivity index (χ4v) is 3.59. The number of fused-ring (bicyclic) bond motifs is 1. The van der Waals surface area contributed by atoms with Crippen LogP contribution in [0.25, 0.3) is 0 Å². The first-order valence-corrected chi connectivity index (χ1v) is 8.50. The van der Waals surface area contributed by atoms with E-state index in [1.165, 1.54) is 24.3 Å². The van der Waals surface area contributed by atoms with Crippen LogP contribution in [0.4, 0.5) is 5.69 Å². The highest BCUT2D eigenvalue weighted by molar-refractivity contribution is 7.89. The first-order chi connectivity index (χ1) is 10.3. The lowest BCUT2D eigenvalue weighted by Gasteiger charge is -2.18. The van der Waals surface area contributed by atoms with Gasteiger partial charge in [0.05, 0.1) is 22.4 Å². The Hall–Kier alpha value is -1.99. The molecule has 3 rings (SSSR count). The Morgan fingerprint density at radius 2 is 1.68 bits per heavy atom. The Labute approximate surface area is 128 Å². The minimum absolute atomic E-state index is 0.0507. The normalized spacial score (nSPS) is 25.2. The van der Waals surface area contributed by atoms with Crippen molar-refractivity contribution in [3.63, 3.8) is 0 Å². The monoisotopic (exact) mass is 320 g/mol. The number of benzene rings is 1. The van der Waals surface area contributed by atoms with Gasteiger partial charge in [-0.05, 0) is 44.0 Å². The fraction of sp³-hybridized carbons (Fsp3) is 0.333. The van der Waals surface area contributed by atoms with Crippen molar-refractivity contribution in [3.05, 3.63) is 35.9 Å². The first kappa shape index (κ1) is 14.9. The molecule has 22 heavy (non-hydrogen) atoms. The highest BCUT2D eigenvalue weighted by Gasteiger charge is 2.48. The van der Waals surface area contributed by atoms with Crippen molar-refractivity contribution < 1.29 is 18.0 Å². The maximum absolute atomic E-state index is 12.5. The van der Waals surface area contributed by atoms with E-state index < -0.39 is 10.0 Å². The number of nitrogens with two attached hydrogens (primary N) is 1. The summed E-state index contributed by atoms with van der Waals surface area (Å²) < 4.78 is 22.5. The van der Waals surface area contributed by atoms with Crippen LogP contribution in [0, 0.1) is 11.8 Å². The summed E-state index contributed by atoms with van der Waals surface area (Å²) in [5.41, 5.74) is 1.50. The molecule has 1 heterocycles. The van der Waals surface area contributed by atoms with Gasteiger partial charge in [-0.1, -0.05) is 11.6 Å². The smallest absolute Gasteiger partial charge is 0.238 e. The van der Waals surface area contributed by atoms with Crippen LogP contribution in [0.1, 0.15) is 19.8 Å². The third-order valence-corrected chi connectivity index (χ3v) is 5.18. The van der Waals surface area contributed by atoms with Crippen LogP contribution < -0.4 is 10.0 Å². The molecule has 2 amide bonds. The van der Waals surface area contributed by atoms with E-state index in [0.29, 0.717) is 18.5 Å². The van der Waals surface area contributed by atoms with E-state index in [1.54, 1.807) is 0 Å². The molecule has 0 aromatic heterocycles. The number of allylic oxidation sites excluding steroid dienone is 2. The van der Waals surface area contributed by atoms with Crippen LogP contribution in [0.5, 0.6) is 0 Å². The van der Waals surface area contributed by atoms with E-state index >= 15 is 0 Å². The molecule has 0 radical (unpaired) electrons. The van der Waals surface area contributed by atoms with Gasteiger partial charge in [-0.2, -0.15) is 0 Å². The average molecular weight is 320 g/mol. The molecule has 1 aromatic rings. The van der Waals surface area contributed by atoms with Crippen LogP contribution in [-0.4, -0.2) is 20.2 Å². The molecule has 2 N–H and O–H groups in total. The molecule has 7 heteroatoms. The lowest BCUT2D eigenvalue weighted by molar-refractivity contribution is -0.122. The van der Waals surface area contributed by atoms with Crippen LogP contribution in [0.15, 0.2) is 40.8 Å². The van der Waals surface area contributed by atoms with E-state index in [2.05, 4.69) is 0 Å².